The predicted octanol–water partition coefficient (Wildman–Crippen LogP) is 3.56. The monoisotopic (exact) mass is 341 g/mol. The summed E-state index contributed by atoms with van der Waals surface area (Å²) in [6.45, 7) is 6.07. The van der Waals surface area contributed by atoms with Gasteiger partial charge in [0.05, 0.1) is 5.60 Å². The summed E-state index contributed by atoms with van der Waals surface area (Å²) in [6.07, 6.45) is 2.16. The number of amides is 1. The van der Waals surface area contributed by atoms with Crippen molar-refractivity contribution in [3.05, 3.63) is 65.2 Å². The number of hydrogen-bond acceptors (Lipinski definition) is 3. The van der Waals surface area contributed by atoms with E-state index < -0.39 is 5.60 Å². The van der Waals surface area contributed by atoms with Crippen LogP contribution in [0.15, 0.2) is 48.5 Å². The normalized spacial score (nSPS) is 11.2. The SMILES string of the molecule is CCCc1ccc(OCC(=O)NCc2ccc(C(C)(C)O)cc2)cc1. The molecule has 2 rings (SSSR count). The van der Waals surface area contributed by atoms with Gasteiger partial charge < -0.3 is 15.2 Å². The van der Waals surface area contributed by atoms with Crippen molar-refractivity contribution < 1.29 is 14.6 Å². The maximum absolute atomic E-state index is 11.9. The summed E-state index contributed by atoms with van der Waals surface area (Å²) in [5, 5.41) is 12.8. The minimum atomic E-state index is -0.859. The van der Waals surface area contributed by atoms with Gasteiger partial charge in [0.15, 0.2) is 6.61 Å². The Labute approximate surface area is 149 Å². The standard InChI is InChI=1S/C21H27NO3/c1-4-5-16-8-12-19(13-9-16)25-15-20(23)22-14-17-6-10-18(11-7-17)21(2,3)24/h6-13,24H,4-5,14-15H2,1-3H3,(H,22,23). The molecule has 25 heavy (non-hydrogen) atoms. The second kappa shape index (κ2) is 8.67. The highest BCUT2D eigenvalue weighted by molar-refractivity contribution is 5.77. The Morgan fingerprint density at radius 2 is 1.64 bits per heavy atom. The van der Waals surface area contributed by atoms with Crippen LogP contribution in [0.25, 0.3) is 0 Å². The fraction of sp³-hybridized carbons (Fsp3) is 0.381. The van der Waals surface area contributed by atoms with Crippen LogP contribution >= 0.6 is 0 Å². The third-order valence-corrected chi connectivity index (χ3v) is 3.98. The fourth-order valence-corrected chi connectivity index (χ4v) is 2.47. The van der Waals surface area contributed by atoms with E-state index in [0.717, 1.165) is 24.0 Å². The second-order valence-electron chi connectivity index (χ2n) is 6.72. The van der Waals surface area contributed by atoms with Gasteiger partial charge in [0.2, 0.25) is 0 Å². The summed E-state index contributed by atoms with van der Waals surface area (Å²) >= 11 is 0. The summed E-state index contributed by atoms with van der Waals surface area (Å²) in [5.41, 5.74) is 2.24. The van der Waals surface area contributed by atoms with E-state index in [1.165, 1.54) is 5.56 Å². The third kappa shape index (κ3) is 6.24. The van der Waals surface area contributed by atoms with Crippen LogP contribution in [0.5, 0.6) is 5.75 Å². The summed E-state index contributed by atoms with van der Waals surface area (Å²) < 4.78 is 5.51. The molecule has 0 unspecified atom stereocenters. The van der Waals surface area contributed by atoms with Crippen LogP contribution in [0.1, 0.15) is 43.9 Å². The van der Waals surface area contributed by atoms with Gasteiger partial charge >= 0.3 is 0 Å². The van der Waals surface area contributed by atoms with Crippen molar-refractivity contribution in [1.82, 2.24) is 5.32 Å². The van der Waals surface area contributed by atoms with E-state index in [-0.39, 0.29) is 12.5 Å². The van der Waals surface area contributed by atoms with E-state index >= 15 is 0 Å². The summed E-state index contributed by atoms with van der Waals surface area (Å²) in [7, 11) is 0. The minimum absolute atomic E-state index is 0.00508. The molecule has 134 valence electrons. The Kier molecular flexibility index (Phi) is 6.59. The number of carbonyl (C=O) groups is 1. The lowest BCUT2D eigenvalue weighted by molar-refractivity contribution is -0.123. The number of nitrogens with one attached hydrogen (secondary N) is 1. The Bertz CT molecular complexity index is 670. The number of benzene rings is 2. The number of hydrogen-bond donors (Lipinski definition) is 2. The van der Waals surface area contributed by atoms with E-state index in [2.05, 4.69) is 12.2 Å². The molecule has 0 aliphatic heterocycles. The Hall–Kier alpha value is -2.33. The second-order valence-corrected chi connectivity index (χ2v) is 6.72. The van der Waals surface area contributed by atoms with Crippen LogP contribution in [0.4, 0.5) is 0 Å². The molecule has 2 N–H and O–H groups in total. The molecule has 0 aromatic heterocycles. The smallest absolute Gasteiger partial charge is 0.258 e. The largest absolute Gasteiger partial charge is 0.484 e. The topological polar surface area (TPSA) is 58.6 Å². The van der Waals surface area contributed by atoms with Crippen molar-refractivity contribution in [1.29, 1.82) is 0 Å². The molecule has 0 aliphatic rings. The molecule has 2 aromatic rings. The molecule has 0 heterocycles. The average Bonchev–Trinajstić information content (AvgIpc) is 2.59. The average molecular weight is 341 g/mol. The first kappa shape index (κ1) is 19.0. The summed E-state index contributed by atoms with van der Waals surface area (Å²) in [5.74, 6) is 0.536. The van der Waals surface area contributed by atoms with Crippen molar-refractivity contribution in [3.63, 3.8) is 0 Å². The number of carbonyl (C=O) groups excluding carboxylic acids is 1. The molecular weight excluding hydrogens is 314 g/mol. The van der Waals surface area contributed by atoms with Crippen molar-refractivity contribution >= 4 is 5.91 Å². The van der Waals surface area contributed by atoms with E-state index in [9.17, 15) is 9.90 Å². The van der Waals surface area contributed by atoms with Gasteiger partial charge in [-0.2, -0.15) is 0 Å². The summed E-state index contributed by atoms with van der Waals surface area (Å²) in [4.78, 5) is 11.9. The molecule has 2 aromatic carbocycles. The van der Waals surface area contributed by atoms with Gasteiger partial charge in [-0.15, -0.1) is 0 Å². The molecule has 0 saturated carbocycles. The van der Waals surface area contributed by atoms with Crippen LogP contribution in [-0.2, 0) is 23.4 Å². The molecule has 0 radical (unpaired) electrons. The lowest BCUT2D eigenvalue weighted by Crippen LogP contribution is -2.28. The van der Waals surface area contributed by atoms with Gasteiger partial charge in [0.25, 0.3) is 5.91 Å². The number of rotatable bonds is 8. The van der Waals surface area contributed by atoms with E-state index in [1.807, 2.05) is 48.5 Å². The lowest BCUT2D eigenvalue weighted by atomic mass is 9.97. The maximum atomic E-state index is 11.9. The Morgan fingerprint density at radius 3 is 2.20 bits per heavy atom. The zero-order valence-corrected chi connectivity index (χ0v) is 15.2. The molecular formula is C21H27NO3. The molecule has 0 bridgehead atoms. The van der Waals surface area contributed by atoms with Gasteiger partial charge in [0, 0.05) is 6.54 Å². The third-order valence-electron chi connectivity index (χ3n) is 3.98. The molecule has 0 atom stereocenters. The van der Waals surface area contributed by atoms with Gasteiger partial charge in [-0.25, -0.2) is 0 Å². The van der Waals surface area contributed by atoms with Crippen LogP contribution in [-0.4, -0.2) is 17.6 Å². The van der Waals surface area contributed by atoms with Gasteiger partial charge in [-0.05, 0) is 49.1 Å². The van der Waals surface area contributed by atoms with Crippen molar-refractivity contribution in [2.45, 2.75) is 45.8 Å². The maximum Gasteiger partial charge on any atom is 0.258 e. The van der Waals surface area contributed by atoms with Crippen molar-refractivity contribution in [3.8, 4) is 5.75 Å². The first-order valence-electron chi connectivity index (χ1n) is 8.68. The molecule has 1 amide bonds. The highest BCUT2D eigenvalue weighted by Gasteiger charge is 2.15. The minimum Gasteiger partial charge on any atom is -0.484 e. The fourth-order valence-electron chi connectivity index (χ4n) is 2.47. The van der Waals surface area contributed by atoms with Crippen LogP contribution in [0, 0.1) is 0 Å². The lowest BCUT2D eigenvalue weighted by Gasteiger charge is -2.18. The molecule has 0 spiro atoms. The van der Waals surface area contributed by atoms with E-state index in [4.69, 9.17) is 4.74 Å². The quantitative estimate of drug-likeness (QED) is 0.772. The predicted molar refractivity (Wildman–Crippen MR) is 99.5 cm³/mol. The molecule has 0 aliphatic carbocycles. The summed E-state index contributed by atoms with van der Waals surface area (Å²) in [6, 6.07) is 15.4. The Balaban J connectivity index is 1.77. The van der Waals surface area contributed by atoms with Crippen molar-refractivity contribution in [2.24, 2.45) is 0 Å². The molecule has 0 fully saturated rings. The Morgan fingerprint density at radius 1 is 1.04 bits per heavy atom. The zero-order valence-electron chi connectivity index (χ0n) is 15.2. The van der Waals surface area contributed by atoms with Gasteiger partial charge in [-0.3, -0.25) is 4.79 Å². The zero-order chi connectivity index (χ0) is 18.3. The van der Waals surface area contributed by atoms with Crippen LogP contribution < -0.4 is 10.1 Å². The number of aliphatic hydroxyl groups is 1. The van der Waals surface area contributed by atoms with Crippen LogP contribution in [0.2, 0.25) is 0 Å². The highest BCUT2D eigenvalue weighted by atomic mass is 16.5. The van der Waals surface area contributed by atoms with E-state index in [1.54, 1.807) is 13.8 Å². The molecule has 4 heteroatoms. The first-order valence-corrected chi connectivity index (χ1v) is 8.68. The van der Waals surface area contributed by atoms with Gasteiger partial charge in [-0.1, -0.05) is 49.7 Å². The molecule has 4 nitrogen and oxygen atoms in total. The number of aryl methyl sites for hydroxylation is 1. The van der Waals surface area contributed by atoms with Crippen LogP contribution in [0.3, 0.4) is 0 Å². The molecule has 0 saturated heterocycles. The van der Waals surface area contributed by atoms with Gasteiger partial charge in [0.1, 0.15) is 5.75 Å². The number of ether oxygens (including phenoxy) is 1. The van der Waals surface area contributed by atoms with Crippen molar-refractivity contribution in [2.75, 3.05) is 6.61 Å². The highest BCUT2D eigenvalue weighted by Crippen LogP contribution is 2.19. The van der Waals surface area contributed by atoms with E-state index in [0.29, 0.717) is 12.3 Å². The first-order chi connectivity index (χ1) is 11.9.